The van der Waals surface area contributed by atoms with E-state index in [9.17, 15) is 40.4 Å². The Labute approximate surface area is 171 Å². The van der Waals surface area contributed by atoms with Crippen LogP contribution in [0.4, 0.5) is 17.6 Å². The Morgan fingerprint density at radius 1 is 1.13 bits per heavy atom. The van der Waals surface area contributed by atoms with Crippen LogP contribution in [0.5, 0.6) is 5.75 Å². The van der Waals surface area contributed by atoms with E-state index in [0.29, 0.717) is 0 Å². The maximum atomic E-state index is 13.4. The zero-order valence-electron chi connectivity index (χ0n) is 15.4. The van der Waals surface area contributed by atoms with Crippen molar-refractivity contribution in [3.8, 4) is 5.75 Å². The quantitative estimate of drug-likeness (QED) is 0.214. The normalized spacial score (nSPS) is 14.3. The number of ether oxygens (including phenoxy) is 1. The molecule has 3 rings (SSSR count). The van der Waals surface area contributed by atoms with Crippen molar-refractivity contribution >= 4 is 38.7 Å². The molecule has 0 saturated carbocycles. The highest BCUT2D eigenvalue weighted by Gasteiger charge is 2.57. The Kier molecular flexibility index (Phi) is 5.36. The third-order valence-electron chi connectivity index (χ3n) is 4.10. The van der Waals surface area contributed by atoms with Crippen molar-refractivity contribution in [2.24, 2.45) is 0 Å². The molecule has 0 saturated heterocycles. The van der Waals surface area contributed by atoms with Gasteiger partial charge in [0.2, 0.25) is 0 Å². The van der Waals surface area contributed by atoms with E-state index in [-0.39, 0.29) is 27.7 Å². The molecule has 0 spiro atoms. The number of nitrogens with zero attached hydrogens (tertiary/aromatic N) is 1. The van der Waals surface area contributed by atoms with Gasteiger partial charge in [0.05, 0.1) is 11.1 Å². The third-order valence-corrected chi connectivity index (χ3v) is 5.29. The molecule has 31 heavy (non-hydrogen) atoms. The van der Waals surface area contributed by atoms with Gasteiger partial charge in [-0.2, -0.15) is 17.2 Å². The lowest BCUT2D eigenvalue weighted by Gasteiger charge is -2.27. The summed E-state index contributed by atoms with van der Waals surface area (Å²) in [5.74, 6) is -4.09. The van der Waals surface area contributed by atoms with Gasteiger partial charge in [0, 0.05) is 11.0 Å². The Balaban J connectivity index is 2.12. The minimum absolute atomic E-state index is 0.00859. The molecule has 0 radical (unpaired) electrons. The molecule has 0 atom stereocenters. The predicted octanol–water partition coefficient (Wildman–Crippen LogP) is 3.04. The van der Waals surface area contributed by atoms with Gasteiger partial charge in [-0.15, -0.1) is 9.35 Å². The summed E-state index contributed by atoms with van der Waals surface area (Å²) in [5, 5.41) is -6.06. The number of halogens is 4. The molecule has 0 fully saturated rings. The van der Waals surface area contributed by atoms with Crippen LogP contribution in [0.2, 0.25) is 0 Å². The molecule has 0 unspecified atom stereocenters. The fourth-order valence-corrected chi connectivity index (χ4v) is 3.29. The summed E-state index contributed by atoms with van der Waals surface area (Å²) in [5.41, 5.74) is -0.775. The van der Waals surface area contributed by atoms with Gasteiger partial charge >= 0.3 is 27.8 Å². The summed E-state index contributed by atoms with van der Waals surface area (Å²) in [6, 6.07) is 6.10. The second-order valence-corrected chi connectivity index (χ2v) is 7.94. The van der Waals surface area contributed by atoms with Crippen molar-refractivity contribution < 1.29 is 49.4 Å². The molecule has 2 aromatic carbocycles. The van der Waals surface area contributed by atoms with Crippen molar-refractivity contribution in [2.75, 3.05) is 0 Å². The summed E-state index contributed by atoms with van der Waals surface area (Å²) < 4.78 is 83.7. The predicted molar refractivity (Wildman–Crippen MR) is 95.9 cm³/mol. The minimum Gasteiger partial charge on any atom is -0.423 e. The van der Waals surface area contributed by atoms with E-state index < -0.39 is 50.2 Å². The van der Waals surface area contributed by atoms with Crippen molar-refractivity contribution in [2.45, 2.75) is 18.6 Å². The number of carbonyl (C=O) groups excluding carboxylic acids is 3. The molecule has 1 aliphatic rings. The number of amides is 2. The highest BCUT2D eigenvalue weighted by atomic mass is 32.2. The summed E-state index contributed by atoms with van der Waals surface area (Å²) in [6.07, 6.45) is -4.68. The Hall–Kier alpha value is -3.32. The van der Waals surface area contributed by atoms with Gasteiger partial charge < -0.3 is 4.74 Å². The van der Waals surface area contributed by atoms with Crippen LogP contribution < -0.4 is 4.74 Å². The third kappa shape index (κ3) is 3.65. The van der Waals surface area contributed by atoms with E-state index in [2.05, 4.69) is 10.9 Å². The fourth-order valence-electron chi connectivity index (χ4n) is 2.64. The topological polar surface area (TPSA) is 107 Å². The molecule has 13 heteroatoms. The van der Waals surface area contributed by atoms with E-state index in [1.165, 1.54) is 25.1 Å². The van der Waals surface area contributed by atoms with Crippen LogP contribution in [0.1, 0.15) is 27.6 Å². The maximum absolute atomic E-state index is 13.4. The minimum atomic E-state index is -6.43. The van der Waals surface area contributed by atoms with Gasteiger partial charge in [-0.3, -0.25) is 9.59 Å². The van der Waals surface area contributed by atoms with Gasteiger partial charge in [-0.1, -0.05) is 18.7 Å². The lowest BCUT2D eigenvalue weighted by molar-refractivity contribution is -0.130. The number of hydrogen-bond donors (Lipinski definition) is 0. The maximum Gasteiger partial charge on any atom is 0.430 e. The molecule has 0 aromatic heterocycles. The molecule has 2 aromatic rings. The van der Waals surface area contributed by atoms with Gasteiger partial charge in [0.15, 0.2) is 0 Å². The van der Waals surface area contributed by atoms with Crippen LogP contribution in [-0.4, -0.2) is 42.9 Å². The van der Waals surface area contributed by atoms with Crippen LogP contribution in [0.15, 0.2) is 42.5 Å². The number of benzene rings is 2. The molecule has 0 aliphatic carbocycles. The van der Waals surface area contributed by atoms with Gasteiger partial charge in [-0.25, -0.2) is 13.6 Å². The summed E-state index contributed by atoms with van der Waals surface area (Å²) in [7, 11) is -6.43. The largest absolute Gasteiger partial charge is 0.430 e. The van der Waals surface area contributed by atoms with E-state index in [1.54, 1.807) is 0 Å². The first-order valence-corrected chi connectivity index (χ1v) is 9.62. The molecular weight excluding hydrogens is 450 g/mol. The lowest BCUT2D eigenvalue weighted by Crippen LogP contribution is -2.47. The van der Waals surface area contributed by atoms with Crippen LogP contribution in [0.25, 0.3) is 10.8 Å². The Bertz CT molecular complexity index is 1260. The first-order valence-electron chi connectivity index (χ1n) is 8.21. The van der Waals surface area contributed by atoms with E-state index >= 15 is 0 Å². The molecule has 1 aliphatic heterocycles. The van der Waals surface area contributed by atoms with E-state index in [4.69, 9.17) is 4.74 Å². The fraction of sp³-hybridized carbons (Fsp3) is 0.167. The zero-order chi connectivity index (χ0) is 23.3. The smallest absolute Gasteiger partial charge is 0.423 e. The SMILES string of the molecule is C=C(C)C(=O)Oc1cc2c3c(cccc3c1)C(=O)N(OS(=O)(=O)C(F)(F)C(F)F)C2=O. The first-order chi connectivity index (χ1) is 14.3. The number of alkyl halides is 4. The second kappa shape index (κ2) is 7.42. The molecule has 8 nitrogen and oxygen atoms in total. The molecular formula is C18H11F4NO7S. The zero-order valence-corrected chi connectivity index (χ0v) is 16.2. The first kappa shape index (κ1) is 22.4. The number of rotatable bonds is 6. The standard InChI is InChI=1S/C18H11F4NO7S/c1-8(2)16(26)29-10-6-9-4-3-5-11-13(9)12(7-10)15(25)23(14(11)24)30-31(27,28)18(21,22)17(19)20/h3-7,17H,1H2,2H3. The summed E-state index contributed by atoms with van der Waals surface area (Å²) >= 11 is 0. The highest BCUT2D eigenvalue weighted by molar-refractivity contribution is 7.87. The Morgan fingerprint density at radius 2 is 1.74 bits per heavy atom. The number of hydrogen-bond acceptors (Lipinski definition) is 7. The second-order valence-electron chi connectivity index (χ2n) is 6.34. The van der Waals surface area contributed by atoms with Gasteiger partial charge in [-0.05, 0) is 30.5 Å². The van der Waals surface area contributed by atoms with Gasteiger partial charge in [0.1, 0.15) is 5.75 Å². The van der Waals surface area contributed by atoms with E-state index in [1.807, 2.05) is 0 Å². The monoisotopic (exact) mass is 461 g/mol. The van der Waals surface area contributed by atoms with Crippen LogP contribution >= 0.6 is 0 Å². The number of hydroxylamine groups is 2. The Morgan fingerprint density at radius 3 is 2.32 bits per heavy atom. The average Bonchev–Trinajstić information content (AvgIpc) is 2.68. The van der Waals surface area contributed by atoms with Crippen LogP contribution in [0.3, 0.4) is 0 Å². The van der Waals surface area contributed by atoms with Crippen molar-refractivity contribution in [1.29, 1.82) is 0 Å². The number of carbonyl (C=O) groups is 3. The number of imide groups is 1. The lowest BCUT2D eigenvalue weighted by atomic mass is 9.95. The average molecular weight is 461 g/mol. The van der Waals surface area contributed by atoms with Crippen LogP contribution in [-0.2, 0) is 19.2 Å². The van der Waals surface area contributed by atoms with Gasteiger partial charge in [0.25, 0.3) is 11.8 Å². The molecule has 1 heterocycles. The van der Waals surface area contributed by atoms with Crippen molar-refractivity contribution in [3.63, 3.8) is 0 Å². The van der Waals surface area contributed by atoms with Crippen molar-refractivity contribution in [3.05, 3.63) is 53.6 Å². The molecule has 0 N–H and O–H groups in total. The van der Waals surface area contributed by atoms with E-state index in [0.717, 1.165) is 12.1 Å². The summed E-state index contributed by atoms with van der Waals surface area (Å²) in [4.78, 5) is 37.0. The number of esters is 1. The van der Waals surface area contributed by atoms with Crippen molar-refractivity contribution in [1.82, 2.24) is 5.06 Å². The molecule has 0 bridgehead atoms. The molecule has 2 amide bonds. The van der Waals surface area contributed by atoms with Crippen LogP contribution in [0, 0.1) is 0 Å². The molecule has 164 valence electrons. The highest BCUT2D eigenvalue weighted by Crippen LogP contribution is 2.36. The summed E-state index contributed by atoms with van der Waals surface area (Å²) in [6.45, 7) is 4.73.